The summed E-state index contributed by atoms with van der Waals surface area (Å²) in [6.07, 6.45) is 10.2. The smallest absolute Gasteiger partial charge is 0.0667 e. The van der Waals surface area contributed by atoms with Gasteiger partial charge in [0.05, 0.1) is 12.3 Å². The SMILES string of the molecule is C1=CCNC(c2ccc3c(c2)Sc2ccccc2-c2ccccc2Sc2cc(C4=NC=CNC4)ccc2-3)=C1. The molecule has 0 saturated heterocycles. The first kappa shape index (κ1) is 23.2. The summed E-state index contributed by atoms with van der Waals surface area (Å²) in [6.45, 7) is 1.59. The fourth-order valence-electron chi connectivity index (χ4n) is 5.02. The molecule has 0 radical (unpaired) electrons. The van der Waals surface area contributed by atoms with Crippen molar-refractivity contribution in [3.8, 4) is 22.3 Å². The predicted octanol–water partition coefficient (Wildman–Crippen LogP) is 8.00. The van der Waals surface area contributed by atoms with Crippen molar-refractivity contribution in [1.82, 2.24) is 10.6 Å². The highest BCUT2D eigenvalue weighted by Crippen LogP contribution is 2.49. The van der Waals surface area contributed by atoms with Crippen LogP contribution in [0.1, 0.15) is 11.1 Å². The second-order valence-corrected chi connectivity index (χ2v) is 11.4. The Labute approximate surface area is 231 Å². The van der Waals surface area contributed by atoms with Crippen LogP contribution in [0.3, 0.4) is 0 Å². The van der Waals surface area contributed by atoms with Crippen molar-refractivity contribution < 1.29 is 0 Å². The molecular weight excluding hydrogens is 503 g/mol. The van der Waals surface area contributed by atoms with Gasteiger partial charge in [-0.05, 0) is 63.7 Å². The molecule has 184 valence electrons. The number of nitrogens with zero attached hydrogens (tertiary/aromatic N) is 1. The number of benzene rings is 4. The molecule has 0 amide bonds. The molecule has 3 aliphatic heterocycles. The van der Waals surface area contributed by atoms with Gasteiger partial charge in [-0.15, -0.1) is 0 Å². The Bertz CT molecular complexity index is 1550. The minimum atomic E-state index is 0.732. The van der Waals surface area contributed by atoms with Gasteiger partial charge in [-0.3, -0.25) is 4.99 Å². The average Bonchev–Trinajstić information content (AvgIpc) is 2.99. The van der Waals surface area contributed by atoms with Crippen LogP contribution in [0.25, 0.3) is 28.0 Å². The van der Waals surface area contributed by atoms with Crippen LogP contribution in [0.2, 0.25) is 0 Å². The van der Waals surface area contributed by atoms with Crippen LogP contribution in [-0.2, 0) is 0 Å². The van der Waals surface area contributed by atoms with Gasteiger partial charge < -0.3 is 10.6 Å². The second kappa shape index (κ2) is 10.1. The summed E-state index contributed by atoms with van der Waals surface area (Å²) < 4.78 is 0. The van der Waals surface area contributed by atoms with E-state index < -0.39 is 0 Å². The molecular formula is C33H25N3S2. The summed E-state index contributed by atoms with van der Waals surface area (Å²) in [6, 6.07) is 31.2. The molecule has 4 aromatic carbocycles. The Hall–Kier alpha value is -3.93. The summed E-state index contributed by atoms with van der Waals surface area (Å²) in [5.41, 5.74) is 9.59. The second-order valence-electron chi connectivity index (χ2n) is 9.28. The molecule has 0 bridgehead atoms. The van der Waals surface area contributed by atoms with Crippen molar-refractivity contribution in [2.24, 2.45) is 4.99 Å². The van der Waals surface area contributed by atoms with Gasteiger partial charge in [0, 0.05) is 44.2 Å². The normalized spacial score (nSPS) is 15.5. The van der Waals surface area contributed by atoms with Gasteiger partial charge >= 0.3 is 0 Å². The van der Waals surface area contributed by atoms with Crippen LogP contribution in [0.15, 0.2) is 140 Å². The van der Waals surface area contributed by atoms with Gasteiger partial charge in [-0.25, -0.2) is 0 Å². The van der Waals surface area contributed by atoms with Crippen LogP contribution in [0.4, 0.5) is 0 Å². The zero-order valence-corrected chi connectivity index (χ0v) is 22.3. The lowest BCUT2D eigenvalue weighted by atomic mass is 9.99. The van der Waals surface area contributed by atoms with E-state index in [1.165, 1.54) is 47.4 Å². The van der Waals surface area contributed by atoms with Crippen molar-refractivity contribution in [2.75, 3.05) is 13.1 Å². The van der Waals surface area contributed by atoms with Crippen molar-refractivity contribution in [3.05, 3.63) is 127 Å². The quantitative estimate of drug-likeness (QED) is 0.244. The number of allylic oxidation sites excluding steroid dienone is 2. The number of hydrogen-bond acceptors (Lipinski definition) is 5. The molecule has 3 aliphatic rings. The largest absolute Gasteiger partial charge is 0.384 e. The van der Waals surface area contributed by atoms with E-state index in [0.717, 1.165) is 30.1 Å². The van der Waals surface area contributed by atoms with E-state index in [0.29, 0.717) is 0 Å². The van der Waals surface area contributed by atoms with E-state index in [4.69, 9.17) is 0 Å². The Morgan fingerprint density at radius 2 is 1.29 bits per heavy atom. The molecule has 3 nitrogen and oxygen atoms in total. The first-order valence-corrected chi connectivity index (χ1v) is 14.4. The monoisotopic (exact) mass is 527 g/mol. The highest BCUT2D eigenvalue weighted by Gasteiger charge is 2.21. The van der Waals surface area contributed by atoms with Crippen LogP contribution >= 0.6 is 23.5 Å². The van der Waals surface area contributed by atoms with Crippen molar-refractivity contribution >= 4 is 34.9 Å². The molecule has 0 aromatic heterocycles. The topological polar surface area (TPSA) is 36.4 Å². The Kier molecular flexibility index (Phi) is 6.16. The first-order chi connectivity index (χ1) is 18.8. The third-order valence-electron chi connectivity index (χ3n) is 6.90. The highest BCUT2D eigenvalue weighted by molar-refractivity contribution is 8.00. The Morgan fingerprint density at radius 3 is 1.92 bits per heavy atom. The first-order valence-electron chi connectivity index (χ1n) is 12.7. The molecule has 0 aliphatic carbocycles. The maximum Gasteiger partial charge on any atom is 0.0667 e. The fraction of sp³-hybridized carbons (Fsp3) is 0.0606. The predicted molar refractivity (Wildman–Crippen MR) is 161 cm³/mol. The summed E-state index contributed by atoms with van der Waals surface area (Å²) in [4.78, 5) is 9.65. The summed E-state index contributed by atoms with van der Waals surface area (Å²) >= 11 is 3.69. The number of hydrogen-bond donors (Lipinski definition) is 2. The molecule has 38 heavy (non-hydrogen) atoms. The maximum absolute atomic E-state index is 4.65. The van der Waals surface area contributed by atoms with Gasteiger partial charge in [0.25, 0.3) is 0 Å². The lowest BCUT2D eigenvalue weighted by Gasteiger charge is -2.22. The van der Waals surface area contributed by atoms with Crippen LogP contribution in [-0.4, -0.2) is 18.8 Å². The Morgan fingerprint density at radius 1 is 0.658 bits per heavy atom. The molecule has 0 spiro atoms. The standard InChI is InChI=1S/C33H25N3S2/c1-3-10-30-24(7-1)25-8-2-4-11-31(25)38-33-20-23(29-21-34-17-18-36-29)13-15-27(33)26-14-12-22(19-32(26)37-30)28-9-5-6-16-35-28/h1-15,17-20,34-35H,16,21H2. The number of dihydropyridines is 1. The molecule has 0 unspecified atom stereocenters. The highest BCUT2D eigenvalue weighted by atomic mass is 32.2. The summed E-state index contributed by atoms with van der Waals surface area (Å²) in [5, 5.41) is 6.82. The van der Waals surface area contributed by atoms with E-state index in [1.807, 2.05) is 35.9 Å². The van der Waals surface area contributed by atoms with E-state index in [9.17, 15) is 0 Å². The van der Waals surface area contributed by atoms with Gasteiger partial charge in [0.2, 0.25) is 0 Å². The molecule has 7 rings (SSSR count). The van der Waals surface area contributed by atoms with Crippen molar-refractivity contribution in [3.63, 3.8) is 0 Å². The zero-order chi connectivity index (χ0) is 25.3. The minimum Gasteiger partial charge on any atom is -0.384 e. The number of aliphatic imine (C=N–C) groups is 1. The number of nitrogens with one attached hydrogen (secondary N) is 2. The zero-order valence-electron chi connectivity index (χ0n) is 20.6. The van der Waals surface area contributed by atoms with Crippen LogP contribution in [0.5, 0.6) is 0 Å². The fourth-order valence-corrected chi connectivity index (χ4v) is 7.31. The summed E-state index contributed by atoms with van der Waals surface area (Å²) in [7, 11) is 0. The number of fused-ring (bicyclic) bond motifs is 6. The van der Waals surface area contributed by atoms with E-state index in [2.05, 4.69) is 119 Å². The van der Waals surface area contributed by atoms with E-state index >= 15 is 0 Å². The van der Waals surface area contributed by atoms with E-state index in [1.54, 1.807) is 0 Å². The van der Waals surface area contributed by atoms with Crippen LogP contribution < -0.4 is 10.6 Å². The molecule has 0 atom stereocenters. The minimum absolute atomic E-state index is 0.732. The van der Waals surface area contributed by atoms with E-state index in [-0.39, 0.29) is 0 Å². The molecule has 2 N–H and O–H groups in total. The van der Waals surface area contributed by atoms with Gasteiger partial charge in [-0.1, -0.05) is 96.3 Å². The van der Waals surface area contributed by atoms with Gasteiger partial charge in [0.15, 0.2) is 0 Å². The number of rotatable bonds is 2. The van der Waals surface area contributed by atoms with Gasteiger partial charge in [0.1, 0.15) is 0 Å². The van der Waals surface area contributed by atoms with Gasteiger partial charge in [-0.2, -0.15) is 0 Å². The average molecular weight is 528 g/mol. The lowest BCUT2D eigenvalue weighted by Crippen LogP contribution is -2.21. The lowest BCUT2D eigenvalue weighted by molar-refractivity contribution is 0.988. The third-order valence-corrected chi connectivity index (χ3v) is 9.17. The third kappa shape index (κ3) is 4.38. The molecule has 4 aromatic rings. The molecule has 5 heteroatoms. The van der Waals surface area contributed by atoms with Crippen molar-refractivity contribution in [1.29, 1.82) is 0 Å². The Balaban J connectivity index is 1.46. The van der Waals surface area contributed by atoms with Crippen molar-refractivity contribution in [2.45, 2.75) is 19.6 Å². The molecule has 3 heterocycles. The molecule has 0 fully saturated rings. The molecule has 0 saturated carbocycles. The van der Waals surface area contributed by atoms with Crippen LogP contribution in [0, 0.1) is 0 Å². The summed E-state index contributed by atoms with van der Waals surface area (Å²) in [5.74, 6) is 0. The maximum atomic E-state index is 4.65.